The van der Waals surface area contributed by atoms with Gasteiger partial charge in [0, 0.05) is 31.0 Å². The average Bonchev–Trinajstić information content (AvgIpc) is 3.24. The largest absolute Gasteiger partial charge is 0.342 e. The number of hydrogen-bond donors (Lipinski definition) is 1. The van der Waals surface area contributed by atoms with Crippen molar-refractivity contribution in [1.82, 2.24) is 20.4 Å². The van der Waals surface area contributed by atoms with E-state index in [4.69, 9.17) is 4.52 Å². The Morgan fingerprint density at radius 3 is 2.61 bits per heavy atom. The van der Waals surface area contributed by atoms with Gasteiger partial charge in [-0.25, -0.2) is 0 Å². The number of piperidine rings is 1. The van der Waals surface area contributed by atoms with Gasteiger partial charge in [-0.05, 0) is 32.1 Å². The maximum absolute atomic E-state index is 12.2. The van der Waals surface area contributed by atoms with Gasteiger partial charge >= 0.3 is 0 Å². The van der Waals surface area contributed by atoms with Crippen molar-refractivity contribution >= 4 is 5.91 Å². The van der Waals surface area contributed by atoms with E-state index in [2.05, 4.69) is 48.1 Å². The fourth-order valence-corrected chi connectivity index (χ4v) is 3.23. The monoisotopic (exact) mass is 320 g/mol. The molecule has 0 bridgehead atoms. The molecule has 1 aliphatic heterocycles. The summed E-state index contributed by atoms with van der Waals surface area (Å²) in [4.78, 5) is 18.7. The molecule has 2 aliphatic rings. The maximum atomic E-state index is 12.2. The molecule has 2 fully saturated rings. The molecule has 1 saturated heterocycles. The lowest BCUT2D eigenvalue weighted by Crippen LogP contribution is -2.51. The number of hydrogen-bond acceptors (Lipinski definition) is 5. The van der Waals surface area contributed by atoms with Crippen molar-refractivity contribution in [1.29, 1.82) is 0 Å². The first kappa shape index (κ1) is 16.4. The Labute approximate surface area is 138 Å². The smallest absolute Gasteiger partial charge is 0.243 e. The van der Waals surface area contributed by atoms with E-state index in [-0.39, 0.29) is 12.0 Å². The quantitative estimate of drug-likeness (QED) is 0.902. The van der Waals surface area contributed by atoms with Gasteiger partial charge in [0.2, 0.25) is 11.8 Å². The molecule has 6 heteroatoms. The van der Waals surface area contributed by atoms with Gasteiger partial charge < -0.3 is 14.7 Å². The first-order valence-electron chi connectivity index (χ1n) is 8.84. The minimum atomic E-state index is 0.0353. The maximum Gasteiger partial charge on any atom is 0.243 e. The van der Waals surface area contributed by atoms with Crippen molar-refractivity contribution in [2.75, 3.05) is 13.1 Å². The molecule has 3 rings (SSSR count). The molecule has 6 nitrogen and oxygen atoms in total. The lowest BCUT2D eigenvalue weighted by Gasteiger charge is -2.38. The second kappa shape index (κ2) is 6.59. The lowest BCUT2D eigenvalue weighted by atomic mass is 9.93. The van der Waals surface area contributed by atoms with Crippen molar-refractivity contribution in [3.8, 4) is 0 Å². The summed E-state index contributed by atoms with van der Waals surface area (Å²) in [5, 5.41) is 7.64. The number of nitrogens with one attached hydrogen (secondary N) is 1. The molecule has 3 atom stereocenters. The molecule has 23 heavy (non-hydrogen) atoms. The second-order valence-corrected chi connectivity index (χ2v) is 7.46. The fourth-order valence-electron chi connectivity index (χ4n) is 3.23. The van der Waals surface area contributed by atoms with Gasteiger partial charge in [0.05, 0.1) is 6.04 Å². The van der Waals surface area contributed by atoms with E-state index >= 15 is 0 Å². The topological polar surface area (TPSA) is 71.3 Å². The Hall–Kier alpha value is -1.43. The Bertz CT molecular complexity index is 553. The molecule has 0 radical (unpaired) electrons. The van der Waals surface area contributed by atoms with E-state index in [1.165, 1.54) is 0 Å². The van der Waals surface area contributed by atoms with Crippen molar-refractivity contribution < 1.29 is 9.32 Å². The van der Waals surface area contributed by atoms with Crippen molar-refractivity contribution in [2.45, 2.75) is 65.0 Å². The van der Waals surface area contributed by atoms with Gasteiger partial charge in [-0.3, -0.25) is 4.79 Å². The van der Waals surface area contributed by atoms with Crippen molar-refractivity contribution in [3.05, 3.63) is 11.7 Å². The highest BCUT2D eigenvalue weighted by Crippen LogP contribution is 2.32. The number of rotatable bonds is 5. The summed E-state index contributed by atoms with van der Waals surface area (Å²) in [5.74, 6) is 2.79. The SMILES string of the molecule is CC(C)c1noc([C@H](C)N[C@H]2CCN(C(=O)C3CC3)C[C@H]2C)n1. The van der Waals surface area contributed by atoms with Crippen LogP contribution >= 0.6 is 0 Å². The van der Waals surface area contributed by atoms with Gasteiger partial charge in [-0.15, -0.1) is 0 Å². The molecule has 0 unspecified atom stereocenters. The van der Waals surface area contributed by atoms with Crippen LogP contribution in [0.25, 0.3) is 0 Å². The molecule has 1 aliphatic carbocycles. The van der Waals surface area contributed by atoms with Crippen molar-refractivity contribution in [3.63, 3.8) is 0 Å². The van der Waals surface area contributed by atoms with Gasteiger partial charge in [0.25, 0.3) is 0 Å². The van der Waals surface area contributed by atoms with Crippen LogP contribution in [0.3, 0.4) is 0 Å². The van der Waals surface area contributed by atoms with E-state index in [1.807, 2.05) is 0 Å². The number of carbonyl (C=O) groups excluding carboxylic acids is 1. The molecular weight excluding hydrogens is 292 g/mol. The second-order valence-electron chi connectivity index (χ2n) is 7.46. The van der Waals surface area contributed by atoms with Crippen molar-refractivity contribution in [2.24, 2.45) is 11.8 Å². The minimum absolute atomic E-state index is 0.0353. The van der Waals surface area contributed by atoms with E-state index in [1.54, 1.807) is 0 Å². The summed E-state index contributed by atoms with van der Waals surface area (Å²) < 4.78 is 5.38. The third kappa shape index (κ3) is 3.74. The fraction of sp³-hybridized carbons (Fsp3) is 0.824. The predicted octanol–water partition coefficient (Wildman–Crippen LogP) is 2.49. The van der Waals surface area contributed by atoms with Crippen LogP contribution in [0.15, 0.2) is 4.52 Å². The molecule has 1 N–H and O–H groups in total. The van der Waals surface area contributed by atoms with E-state index in [0.29, 0.717) is 29.7 Å². The Balaban J connectivity index is 1.54. The predicted molar refractivity (Wildman–Crippen MR) is 86.8 cm³/mol. The van der Waals surface area contributed by atoms with E-state index < -0.39 is 0 Å². The zero-order valence-corrected chi connectivity index (χ0v) is 14.6. The molecule has 1 saturated carbocycles. The van der Waals surface area contributed by atoms with Gasteiger partial charge in [-0.2, -0.15) is 4.98 Å². The highest BCUT2D eigenvalue weighted by atomic mass is 16.5. The zero-order valence-electron chi connectivity index (χ0n) is 14.6. The number of amides is 1. The summed E-state index contributed by atoms with van der Waals surface area (Å²) in [5.41, 5.74) is 0. The molecular formula is C17H28N4O2. The Kier molecular flexibility index (Phi) is 4.71. The van der Waals surface area contributed by atoms with Crippen LogP contribution < -0.4 is 5.32 Å². The van der Waals surface area contributed by atoms with Crippen LogP contribution in [0.2, 0.25) is 0 Å². The van der Waals surface area contributed by atoms with Crippen LogP contribution in [0.5, 0.6) is 0 Å². The molecule has 1 aromatic rings. The van der Waals surface area contributed by atoms with Crippen LogP contribution in [-0.2, 0) is 4.79 Å². The lowest BCUT2D eigenvalue weighted by molar-refractivity contribution is -0.134. The third-order valence-electron chi connectivity index (χ3n) is 4.95. The van der Waals surface area contributed by atoms with Crippen LogP contribution in [0.4, 0.5) is 0 Å². The molecule has 2 heterocycles. The first-order valence-corrected chi connectivity index (χ1v) is 8.84. The highest BCUT2D eigenvalue weighted by molar-refractivity contribution is 5.81. The van der Waals surface area contributed by atoms with Gasteiger partial charge in [-0.1, -0.05) is 25.9 Å². The molecule has 1 aromatic heterocycles. The minimum Gasteiger partial charge on any atom is -0.342 e. The number of carbonyl (C=O) groups is 1. The normalized spacial score (nSPS) is 26.6. The zero-order chi connectivity index (χ0) is 16.6. The Morgan fingerprint density at radius 1 is 1.30 bits per heavy atom. The van der Waals surface area contributed by atoms with Gasteiger partial charge in [0.15, 0.2) is 5.82 Å². The van der Waals surface area contributed by atoms with Gasteiger partial charge in [0.1, 0.15) is 0 Å². The number of aromatic nitrogens is 2. The molecule has 0 aromatic carbocycles. The summed E-state index contributed by atoms with van der Waals surface area (Å²) >= 11 is 0. The first-order chi connectivity index (χ1) is 11.0. The number of likely N-dealkylation sites (tertiary alicyclic amines) is 1. The third-order valence-corrected chi connectivity index (χ3v) is 4.95. The Morgan fingerprint density at radius 2 is 2.04 bits per heavy atom. The van der Waals surface area contributed by atoms with Crippen LogP contribution in [0, 0.1) is 11.8 Å². The van der Waals surface area contributed by atoms with E-state index in [0.717, 1.165) is 38.2 Å². The summed E-state index contributed by atoms with van der Waals surface area (Å²) in [6, 6.07) is 0.413. The molecule has 128 valence electrons. The highest BCUT2D eigenvalue weighted by Gasteiger charge is 2.37. The average molecular weight is 320 g/mol. The summed E-state index contributed by atoms with van der Waals surface area (Å²) in [7, 11) is 0. The molecule has 1 amide bonds. The molecule has 0 spiro atoms. The van der Waals surface area contributed by atoms with Crippen LogP contribution in [-0.4, -0.2) is 40.1 Å². The standard InChI is InChI=1S/C17H28N4O2/c1-10(2)15-19-16(23-20-15)12(4)18-14-7-8-21(9-11(14)3)17(22)13-5-6-13/h10-14,18H,5-9H2,1-4H3/t11-,12+,14+/m1/s1. The van der Waals surface area contributed by atoms with E-state index in [9.17, 15) is 4.79 Å². The van der Waals surface area contributed by atoms with Crippen LogP contribution in [0.1, 0.15) is 70.6 Å². The summed E-state index contributed by atoms with van der Waals surface area (Å²) in [6.45, 7) is 10.1. The summed E-state index contributed by atoms with van der Waals surface area (Å²) in [6.07, 6.45) is 3.14. The number of nitrogens with zero attached hydrogens (tertiary/aromatic N) is 3.